The van der Waals surface area contributed by atoms with Crippen LogP contribution in [0.3, 0.4) is 0 Å². The first-order chi connectivity index (χ1) is 13.0. The number of ether oxygens (including phenoxy) is 2. The molecule has 3 aromatic rings. The highest BCUT2D eigenvalue weighted by atomic mass is 32.1. The van der Waals surface area contributed by atoms with Gasteiger partial charge < -0.3 is 20.1 Å². The zero-order valence-corrected chi connectivity index (χ0v) is 15.5. The second-order valence-corrected chi connectivity index (χ2v) is 6.54. The number of fused-ring (bicyclic) bond motifs is 1. The van der Waals surface area contributed by atoms with Crippen LogP contribution in [0.5, 0.6) is 5.75 Å². The third kappa shape index (κ3) is 4.17. The van der Waals surface area contributed by atoms with Crippen LogP contribution in [0.4, 0.5) is 20.6 Å². The molecule has 0 saturated carbocycles. The lowest BCUT2D eigenvalue weighted by atomic mass is 10.2. The molecule has 0 unspecified atom stereocenters. The maximum atomic E-state index is 13.2. The van der Waals surface area contributed by atoms with Crippen molar-refractivity contribution < 1.29 is 23.5 Å². The minimum atomic E-state index is -0.513. The van der Waals surface area contributed by atoms with Gasteiger partial charge in [-0.25, -0.2) is 14.0 Å². The van der Waals surface area contributed by atoms with Crippen molar-refractivity contribution in [1.82, 2.24) is 0 Å². The molecule has 2 aromatic carbocycles. The lowest BCUT2D eigenvalue weighted by Crippen LogP contribution is -2.19. The van der Waals surface area contributed by atoms with Crippen LogP contribution in [0.1, 0.15) is 16.6 Å². The van der Waals surface area contributed by atoms with Gasteiger partial charge in [0.05, 0.1) is 13.7 Å². The fourth-order valence-electron chi connectivity index (χ4n) is 2.53. The van der Waals surface area contributed by atoms with E-state index in [1.165, 1.54) is 36.6 Å². The summed E-state index contributed by atoms with van der Waals surface area (Å²) in [4.78, 5) is 24.5. The molecule has 2 amide bonds. The first kappa shape index (κ1) is 18.7. The van der Waals surface area contributed by atoms with E-state index in [0.29, 0.717) is 34.0 Å². The molecule has 6 nitrogen and oxygen atoms in total. The highest BCUT2D eigenvalue weighted by Gasteiger charge is 2.20. The van der Waals surface area contributed by atoms with Crippen LogP contribution in [-0.2, 0) is 4.74 Å². The van der Waals surface area contributed by atoms with Gasteiger partial charge >= 0.3 is 12.0 Å². The Labute approximate surface area is 158 Å². The van der Waals surface area contributed by atoms with Gasteiger partial charge in [-0.2, -0.15) is 0 Å². The molecule has 1 aromatic heterocycles. The Morgan fingerprint density at radius 1 is 1.11 bits per heavy atom. The number of methoxy groups -OCH3 is 1. The Morgan fingerprint density at radius 2 is 1.85 bits per heavy atom. The Bertz CT molecular complexity index is 1000. The van der Waals surface area contributed by atoms with Crippen molar-refractivity contribution >= 4 is 44.8 Å². The number of thiophene rings is 1. The lowest BCUT2D eigenvalue weighted by molar-refractivity contribution is 0.0602. The third-order valence-corrected chi connectivity index (χ3v) is 4.77. The van der Waals surface area contributed by atoms with E-state index in [1.54, 1.807) is 24.3 Å². The van der Waals surface area contributed by atoms with Gasteiger partial charge in [-0.3, -0.25) is 0 Å². The molecular weight excluding hydrogens is 371 g/mol. The summed E-state index contributed by atoms with van der Waals surface area (Å²) in [6.45, 7) is 2.20. The van der Waals surface area contributed by atoms with Crippen LogP contribution >= 0.6 is 11.3 Å². The highest BCUT2D eigenvalue weighted by Crippen LogP contribution is 2.39. The van der Waals surface area contributed by atoms with Crippen molar-refractivity contribution in [2.45, 2.75) is 6.92 Å². The van der Waals surface area contributed by atoms with E-state index in [0.717, 1.165) is 4.70 Å². The number of halogens is 1. The van der Waals surface area contributed by atoms with Gasteiger partial charge in [0, 0.05) is 21.5 Å². The summed E-state index contributed by atoms with van der Waals surface area (Å²) in [5.41, 5.74) is 0.846. The van der Waals surface area contributed by atoms with Crippen molar-refractivity contribution in [2.24, 2.45) is 0 Å². The standard InChI is InChI=1S/C19H17FN2O4S/c1-3-26-16-14-10-13(7-8-15(14)27-17(16)18(23)25-2)22-19(24)21-12-6-4-5-11(20)9-12/h4-10H,3H2,1-2H3,(H2,21,22,24). The van der Waals surface area contributed by atoms with Gasteiger partial charge in [-0.15, -0.1) is 11.3 Å². The van der Waals surface area contributed by atoms with Gasteiger partial charge in [-0.05, 0) is 43.3 Å². The quantitative estimate of drug-likeness (QED) is 0.612. The summed E-state index contributed by atoms with van der Waals surface area (Å²) in [5.74, 6) is -0.485. The predicted octanol–water partition coefficient (Wildman–Crippen LogP) is 4.87. The van der Waals surface area contributed by atoms with E-state index in [9.17, 15) is 14.0 Å². The number of nitrogens with one attached hydrogen (secondary N) is 2. The maximum absolute atomic E-state index is 13.2. The van der Waals surface area contributed by atoms with Crippen molar-refractivity contribution in [3.8, 4) is 5.75 Å². The Kier molecular flexibility index (Phi) is 5.56. The summed E-state index contributed by atoms with van der Waals surface area (Å²) >= 11 is 1.26. The van der Waals surface area contributed by atoms with Gasteiger partial charge in [0.1, 0.15) is 5.82 Å². The average Bonchev–Trinajstić information content (AvgIpc) is 2.99. The Morgan fingerprint density at radius 3 is 2.52 bits per heavy atom. The average molecular weight is 388 g/mol. The number of anilines is 2. The zero-order valence-electron chi connectivity index (χ0n) is 14.7. The van der Waals surface area contributed by atoms with Gasteiger partial charge in [0.15, 0.2) is 10.6 Å². The number of carbonyl (C=O) groups excluding carboxylic acids is 2. The molecule has 27 heavy (non-hydrogen) atoms. The molecule has 0 aliphatic heterocycles. The Balaban J connectivity index is 1.86. The van der Waals surface area contributed by atoms with E-state index in [-0.39, 0.29) is 0 Å². The first-order valence-electron chi connectivity index (χ1n) is 8.13. The molecule has 0 aliphatic rings. The Hall–Kier alpha value is -3.13. The molecule has 0 radical (unpaired) electrons. The van der Waals surface area contributed by atoms with Crippen LogP contribution in [0, 0.1) is 5.82 Å². The second-order valence-electron chi connectivity index (χ2n) is 5.49. The smallest absolute Gasteiger partial charge is 0.351 e. The predicted molar refractivity (Wildman–Crippen MR) is 103 cm³/mol. The van der Waals surface area contributed by atoms with Crippen molar-refractivity contribution in [3.05, 3.63) is 53.2 Å². The zero-order chi connectivity index (χ0) is 19.4. The monoisotopic (exact) mass is 388 g/mol. The molecule has 140 valence electrons. The summed E-state index contributed by atoms with van der Waals surface area (Å²) in [6, 6.07) is 10.3. The summed E-state index contributed by atoms with van der Waals surface area (Å²) < 4.78 is 24.5. The lowest BCUT2D eigenvalue weighted by Gasteiger charge is -2.09. The van der Waals surface area contributed by atoms with Crippen molar-refractivity contribution in [2.75, 3.05) is 24.4 Å². The van der Waals surface area contributed by atoms with Crippen LogP contribution in [-0.4, -0.2) is 25.7 Å². The maximum Gasteiger partial charge on any atom is 0.351 e. The fraction of sp³-hybridized carbons (Fsp3) is 0.158. The second kappa shape index (κ2) is 8.05. The number of esters is 1. The summed E-state index contributed by atoms with van der Waals surface area (Å²) in [6.07, 6.45) is 0. The van der Waals surface area contributed by atoms with Gasteiger partial charge in [0.25, 0.3) is 0 Å². The molecule has 0 saturated heterocycles. The van der Waals surface area contributed by atoms with Gasteiger partial charge in [-0.1, -0.05) is 6.07 Å². The molecule has 1 heterocycles. The molecule has 0 bridgehead atoms. The van der Waals surface area contributed by atoms with Crippen molar-refractivity contribution in [1.29, 1.82) is 0 Å². The minimum absolute atomic E-state index is 0.340. The molecule has 0 spiro atoms. The first-order valence-corrected chi connectivity index (χ1v) is 8.94. The molecule has 0 fully saturated rings. The van der Waals surface area contributed by atoms with Crippen molar-refractivity contribution in [3.63, 3.8) is 0 Å². The van der Waals surface area contributed by atoms with E-state index in [4.69, 9.17) is 9.47 Å². The van der Waals surface area contributed by atoms with E-state index in [1.807, 2.05) is 6.92 Å². The number of amides is 2. The van der Waals surface area contributed by atoms with Crippen LogP contribution in [0.15, 0.2) is 42.5 Å². The number of urea groups is 1. The third-order valence-electron chi connectivity index (χ3n) is 3.64. The van der Waals surface area contributed by atoms with Crippen LogP contribution in [0.25, 0.3) is 10.1 Å². The normalized spacial score (nSPS) is 10.5. The minimum Gasteiger partial charge on any atom is -0.491 e. The number of rotatable bonds is 5. The molecular formula is C19H17FN2O4S. The van der Waals surface area contributed by atoms with Crippen LogP contribution < -0.4 is 15.4 Å². The van der Waals surface area contributed by atoms with Gasteiger partial charge in [0.2, 0.25) is 0 Å². The molecule has 0 aliphatic carbocycles. The number of hydrogen-bond acceptors (Lipinski definition) is 5. The number of hydrogen-bond donors (Lipinski definition) is 2. The number of benzene rings is 2. The van der Waals surface area contributed by atoms with E-state index in [2.05, 4.69) is 10.6 Å². The van der Waals surface area contributed by atoms with E-state index < -0.39 is 17.8 Å². The summed E-state index contributed by atoms with van der Waals surface area (Å²) in [7, 11) is 1.31. The highest BCUT2D eigenvalue weighted by molar-refractivity contribution is 7.21. The fourth-order valence-corrected chi connectivity index (χ4v) is 3.57. The topological polar surface area (TPSA) is 76.7 Å². The van der Waals surface area contributed by atoms with Crippen LogP contribution in [0.2, 0.25) is 0 Å². The molecule has 8 heteroatoms. The largest absolute Gasteiger partial charge is 0.491 e. The summed E-state index contributed by atoms with van der Waals surface area (Å²) in [5, 5.41) is 5.94. The number of carbonyl (C=O) groups is 2. The molecule has 0 atom stereocenters. The molecule has 2 N–H and O–H groups in total. The molecule has 3 rings (SSSR count). The SMILES string of the molecule is CCOc1c(C(=O)OC)sc2ccc(NC(=O)Nc3cccc(F)c3)cc12. The van der Waals surface area contributed by atoms with E-state index >= 15 is 0 Å².